The zero-order valence-corrected chi connectivity index (χ0v) is 19.2. The van der Waals surface area contributed by atoms with Gasteiger partial charge >= 0.3 is 23.9 Å². The Morgan fingerprint density at radius 1 is 0.788 bits per heavy atom. The molecule has 0 unspecified atom stereocenters. The van der Waals surface area contributed by atoms with Crippen molar-refractivity contribution < 1.29 is 42.9 Å². The number of allylic oxidation sites excluding steroid dienone is 2. The minimum absolute atomic E-state index is 0.0423. The molecule has 0 aromatic heterocycles. The highest BCUT2D eigenvalue weighted by molar-refractivity contribution is 5.99. The molecule has 0 fully saturated rings. The third-order valence-electron chi connectivity index (χ3n) is 4.90. The number of carbonyl (C=O) groups excluding carboxylic acids is 4. The van der Waals surface area contributed by atoms with Crippen molar-refractivity contribution in [2.24, 2.45) is 0 Å². The van der Waals surface area contributed by atoms with Crippen LogP contribution in [0, 0.1) is 0 Å². The van der Waals surface area contributed by atoms with E-state index in [1.807, 2.05) is 0 Å². The molecule has 0 amide bonds. The lowest BCUT2D eigenvalue weighted by Crippen LogP contribution is -2.36. The number of hydrogen-bond donors (Lipinski definition) is 0. The quantitative estimate of drug-likeness (QED) is 0.401. The lowest BCUT2D eigenvalue weighted by molar-refractivity contribution is -0.164. The number of carbonyl (C=O) groups is 4. The van der Waals surface area contributed by atoms with E-state index in [1.165, 1.54) is 21.0 Å². The van der Waals surface area contributed by atoms with Crippen LogP contribution in [-0.2, 0) is 42.9 Å². The van der Waals surface area contributed by atoms with Crippen molar-refractivity contribution in [3.8, 4) is 0 Å². The highest BCUT2D eigenvalue weighted by Crippen LogP contribution is 2.42. The lowest BCUT2D eigenvalue weighted by Gasteiger charge is -2.37. The summed E-state index contributed by atoms with van der Waals surface area (Å²) >= 11 is 0. The monoisotopic (exact) mass is 461 g/mol. The Labute approximate surface area is 191 Å². The first-order valence-electron chi connectivity index (χ1n) is 10.0. The van der Waals surface area contributed by atoms with Gasteiger partial charge in [-0.05, 0) is 19.4 Å². The molecule has 2 rings (SSSR count). The minimum Gasteiger partial charge on any atom is -0.428 e. The van der Waals surface area contributed by atoms with Crippen LogP contribution in [0.3, 0.4) is 0 Å². The van der Waals surface area contributed by atoms with E-state index in [0.29, 0.717) is 17.0 Å². The van der Waals surface area contributed by atoms with E-state index >= 15 is 0 Å². The van der Waals surface area contributed by atoms with Crippen LogP contribution >= 0.6 is 0 Å². The first kappa shape index (κ1) is 25.6. The Kier molecular flexibility index (Phi) is 9.17. The first-order valence-corrected chi connectivity index (χ1v) is 10.0. The molecule has 10 heteroatoms. The van der Waals surface area contributed by atoms with Crippen LogP contribution in [0.1, 0.15) is 39.2 Å². The van der Waals surface area contributed by atoms with Gasteiger partial charge in [-0.3, -0.25) is 9.59 Å². The second-order valence-electron chi connectivity index (χ2n) is 7.06. The van der Waals surface area contributed by atoms with E-state index in [-0.39, 0.29) is 17.9 Å². The minimum atomic E-state index is -0.853. The Morgan fingerprint density at radius 2 is 1.24 bits per heavy atom. The van der Waals surface area contributed by atoms with Gasteiger partial charge in [-0.2, -0.15) is 0 Å². The maximum absolute atomic E-state index is 13.1. The fraction of sp³-hybridized carbons (Fsp3) is 0.391. The molecule has 0 radical (unpaired) electrons. The van der Waals surface area contributed by atoms with Gasteiger partial charge in [0, 0.05) is 32.4 Å². The molecule has 1 aromatic carbocycles. The molecule has 1 aliphatic rings. The third-order valence-corrected chi connectivity index (χ3v) is 4.90. The van der Waals surface area contributed by atoms with Crippen molar-refractivity contribution in [2.75, 3.05) is 27.4 Å². The highest BCUT2D eigenvalue weighted by atomic mass is 16.7. The molecule has 0 aliphatic carbocycles. The summed E-state index contributed by atoms with van der Waals surface area (Å²) in [5.41, 5.74) is 1.91. The Bertz CT molecular complexity index is 909. The van der Waals surface area contributed by atoms with Crippen LogP contribution in [-0.4, -0.2) is 56.2 Å². The molecule has 0 bridgehead atoms. The van der Waals surface area contributed by atoms with E-state index in [2.05, 4.69) is 0 Å². The standard InChI is InChI=1S/C23H27NO9/c1-14-19(22(27)32-12-30-16(3)25)21(18-9-7-6-8-10-18)20(15(2)24(14)11-29-5)23(28)33-13-31-17(4)26/h6-10,21H,11-13H2,1-5H3. The van der Waals surface area contributed by atoms with E-state index < -0.39 is 43.4 Å². The number of nitrogens with zero attached hydrogens (tertiary/aromatic N) is 1. The van der Waals surface area contributed by atoms with Crippen molar-refractivity contribution in [3.63, 3.8) is 0 Å². The van der Waals surface area contributed by atoms with Gasteiger partial charge in [-0.1, -0.05) is 30.3 Å². The summed E-state index contributed by atoms with van der Waals surface area (Å²) in [6.07, 6.45) is 0. The van der Waals surface area contributed by atoms with Crippen molar-refractivity contribution >= 4 is 23.9 Å². The highest BCUT2D eigenvalue weighted by Gasteiger charge is 2.40. The van der Waals surface area contributed by atoms with Crippen LogP contribution in [0.4, 0.5) is 0 Å². The summed E-state index contributed by atoms with van der Waals surface area (Å²) in [7, 11) is 1.47. The third kappa shape index (κ3) is 6.42. The molecule has 0 atom stereocenters. The predicted molar refractivity (Wildman–Crippen MR) is 114 cm³/mol. The van der Waals surface area contributed by atoms with Crippen molar-refractivity contribution in [1.82, 2.24) is 4.90 Å². The van der Waals surface area contributed by atoms with E-state index in [4.69, 9.17) is 23.7 Å². The SMILES string of the molecule is COCN1C(C)=C(C(=O)OCOC(C)=O)C(c2ccccc2)C(C(=O)OCOC(C)=O)=C1C. The van der Waals surface area contributed by atoms with Crippen LogP contribution in [0.25, 0.3) is 0 Å². The molecule has 1 aromatic rings. The van der Waals surface area contributed by atoms with Crippen molar-refractivity contribution in [3.05, 3.63) is 58.4 Å². The average molecular weight is 461 g/mol. The summed E-state index contributed by atoms with van der Waals surface area (Å²) in [6, 6.07) is 8.86. The largest absolute Gasteiger partial charge is 0.428 e. The van der Waals surface area contributed by atoms with Gasteiger partial charge in [0.05, 0.1) is 17.1 Å². The summed E-state index contributed by atoms with van der Waals surface area (Å²) in [5.74, 6) is -3.62. The second kappa shape index (κ2) is 11.8. The molecular weight excluding hydrogens is 434 g/mol. The molecule has 0 N–H and O–H groups in total. The van der Waals surface area contributed by atoms with Crippen LogP contribution in [0.15, 0.2) is 52.9 Å². The maximum atomic E-state index is 13.1. The fourth-order valence-electron chi connectivity index (χ4n) is 3.42. The normalized spacial score (nSPS) is 14.2. The summed E-state index contributed by atoms with van der Waals surface area (Å²) in [6.45, 7) is 4.66. The lowest BCUT2D eigenvalue weighted by atomic mass is 9.80. The van der Waals surface area contributed by atoms with Gasteiger partial charge in [0.1, 0.15) is 6.73 Å². The predicted octanol–water partition coefficient (Wildman–Crippen LogP) is 2.37. The first-order chi connectivity index (χ1) is 15.7. The van der Waals surface area contributed by atoms with Gasteiger partial charge in [0.15, 0.2) is 0 Å². The smallest absolute Gasteiger partial charge is 0.339 e. The van der Waals surface area contributed by atoms with Gasteiger partial charge in [-0.25, -0.2) is 9.59 Å². The van der Waals surface area contributed by atoms with Gasteiger partial charge in [-0.15, -0.1) is 0 Å². The molecule has 1 heterocycles. The number of rotatable bonds is 9. The summed E-state index contributed by atoms with van der Waals surface area (Å²) in [4.78, 5) is 50.0. The van der Waals surface area contributed by atoms with E-state index in [0.717, 1.165) is 0 Å². The van der Waals surface area contributed by atoms with Crippen LogP contribution in [0.2, 0.25) is 0 Å². The average Bonchev–Trinajstić information content (AvgIpc) is 2.76. The molecule has 0 saturated heterocycles. The number of hydrogen-bond acceptors (Lipinski definition) is 10. The zero-order chi connectivity index (χ0) is 24.5. The van der Waals surface area contributed by atoms with Gasteiger partial charge in [0.25, 0.3) is 0 Å². The molecule has 0 saturated carbocycles. The van der Waals surface area contributed by atoms with Crippen LogP contribution in [0.5, 0.6) is 0 Å². The molecule has 0 spiro atoms. The molecular formula is C23H27NO9. The van der Waals surface area contributed by atoms with Crippen LogP contribution < -0.4 is 0 Å². The van der Waals surface area contributed by atoms with Gasteiger partial charge < -0.3 is 28.6 Å². The second-order valence-corrected chi connectivity index (χ2v) is 7.06. The Morgan fingerprint density at radius 3 is 1.64 bits per heavy atom. The number of methoxy groups -OCH3 is 1. The number of ether oxygens (including phenoxy) is 5. The molecule has 178 valence electrons. The van der Waals surface area contributed by atoms with E-state index in [9.17, 15) is 19.2 Å². The topological polar surface area (TPSA) is 118 Å². The fourth-order valence-corrected chi connectivity index (χ4v) is 3.42. The molecule has 10 nitrogen and oxygen atoms in total. The van der Waals surface area contributed by atoms with Crippen molar-refractivity contribution in [2.45, 2.75) is 33.6 Å². The summed E-state index contributed by atoms with van der Waals surface area (Å²) in [5, 5.41) is 0. The van der Waals surface area contributed by atoms with E-state index in [1.54, 1.807) is 49.1 Å². The maximum Gasteiger partial charge on any atom is 0.339 e. The number of benzene rings is 1. The zero-order valence-electron chi connectivity index (χ0n) is 19.2. The Balaban J connectivity index is 2.56. The summed E-state index contributed by atoms with van der Waals surface area (Å²) < 4.78 is 25.0. The van der Waals surface area contributed by atoms with Gasteiger partial charge in [0.2, 0.25) is 13.6 Å². The Hall–Kier alpha value is -3.66. The molecule has 1 aliphatic heterocycles. The van der Waals surface area contributed by atoms with Crippen molar-refractivity contribution in [1.29, 1.82) is 0 Å². The number of esters is 4. The molecule has 33 heavy (non-hydrogen) atoms.